The van der Waals surface area contributed by atoms with Gasteiger partial charge in [-0.25, -0.2) is 4.98 Å². The Morgan fingerprint density at radius 1 is 0.960 bits per heavy atom. The molecule has 2 aliphatic heterocycles. The molecule has 25 heavy (non-hydrogen) atoms. The van der Waals surface area contributed by atoms with Crippen molar-refractivity contribution in [3.63, 3.8) is 0 Å². The maximum absolute atomic E-state index is 12.9. The third-order valence-corrected chi connectivity index (χ3v) is 5.44. The minimum absolute atomic E-state index is 0.0305. The SMILES string of the molecule is CCC1CCCCN1C(=O)c1cccc(C(=O)N2CCCCCC2)n1. The molecule has 0 aliphatic carbocycles. The maximum atomic E-state index is 12.9. The van der Waals surface area contributed by atoms with Crippen molar-refractivity contribution >= 4 is 11.8 Å². The summed E-state index contributed by atoms with van der Waals surface area (Å²) in [6, 6.07) is 5.56. The standard InChI is InChI=1S/C20H29N3O2/c1-2-16-10-5-8-15-23(16)20(25)18-12-9-11-17(21-18)19(24)22-13-6-3-4-7-14-22/h9,11-12,16H,2-8,10,13-15H2,1H3. The Morgan fingerprint density at radius 2 is 1.60 bits per heavy atom. The van der Waals surface area contributed by atoms with E-state index in [2.05, 4.69) is 11.9 Å². The Morgan fingerprint density at radius 3 is 2.28 bits per heavy atom. The van der Waals surface area contributed by atoms with Crippen molar-refractivity contribution in [3.8, 4) is 0 Å². The van der Waals surface area contributed by atoms with E-state index in [1.54, 1.807) is 18.2 Å². The minimum Gasteiger partial charge on any atom is -0.337 e. The van der Waals surface area contributed by atoms with E-state index in [1.165, 1.54) is 19.3 Å². The molecule has 1 atom stereocenters. The number of piperidine rings is 1. The molecule has 136 valence electrons. The van der Waals surface area contributed by atoms with Gasteiger partial charge in [-0.1, -0.05) is 25.8 Å². The zero-order valence-electron chi connectivity index (χ0n) is 15.2. The van der Waals surface area contributed by atoms with Crippen molar-refractivity contribution in [2.24, 2.45) is 0 Å². The van der Waals surface area contributed by atoms with Crippen molar-refractivity contribution in [2.45, 2.75) is 64.3 Å². The average molecular weight is 343 g/mol. The summed E-state index contributed by atoms with van der Waals surface area (Å²) in [5, 5.41) is 0. The third-order valence-electron chi connectivity index (χ3n) is 5.44. The van der Waals surface area contributed by atoms with E-state index in [0.717, 1.165) is 51.7 Å². The van der Waals surface area contributed by atoms with Crippen LogP contribution in [0, 0.1) is 0 Å². The molecule has 2 saturated heterocycles. The van der Waals surface area contributed by atoms with E-state index in [0.29, 0.717) is 17.4 Å². The number of carbonyl (C=O) groups is 2. The lowest BCUT2D eigenvalue weighted by molar-refractivity contribution is 0.0601. The van der Waals surface area contributed by atoms with Crippen molar-refractivity contribution < 1.29 is 9.59 Å². The number of nitrogens with zero attached hydrogens (tertiary/aromatic N) is 3. The molecule has 3 heterocycles. The van der Waals surface area contributed by atoms with Gasteiger partial charge in [-0.2, -0.15) is 0 Å². The molecule has 0 saturated carbocycles. The van der Waals surface area contributed by atoms with Gasteiger partial charge in [0.05, 0.1) is 0 Å². The summed E-state index contributed by atoms with van der Waals surface area (Å²) >= 11 is 0. The Bertz CT molecular complexity index is 609. The molecular formula is C20H29N3O2. The van der Waals surface area contributed by atoms with Crippen LogP contribution >= 0.6 is 0 Å². The first-order valence-electron chi connectivity index (χ1n) is 9.78. The number of hydrogen-bond acceptors (Lipinski definition) is 3. The van der Waals surface area contributed by atoms with Gasteiger partial charge in [0.25, 0.3) is 11.8 Å². The largest absolute Gasteiger partial charge is 0.337 e. The second-order valence-electron chi connectivity index (χ2n) is 7.17. The lowest BCUT2D eigenvalue weighted by atomic mass is 9.99. The zero-order chi connectivity index (χ0) is 17.6. The summed E-state index contributed by atoms with van der Waals surface area (Å²) in [4.78, 5) is 34.0. The van der Waals surface area contributed by atoms with E-state index < -0.39 is 0 Å². The number of rotatable bonds is 3. The molecule has 5 heteroatoms. The number of carbonyl (C=O) groups excluding carboxylic acids is 2. The molecule has 2 fully saturated rings. The van der Waals surface area contributed by atoms with Crippen LogP contribution in [0.5, 0.6) is 0 Å². The van der Waals surface area contributed by atoms with Crippen molar-refractivity contribution in [3.05, 3.63) is 29.6 Å². The number of hydrogen-bond donors (Lipinski definition) is 0. The third kappa shape index (κ3) is 4.20. The first-order chi connectivity index (χ1) is 12.2. The summed E-state index contributed by atoms with van der Waals surface area (Å²) < 4.78 is 0. The maximum Gasteiger partial charge on any atom is 0.272 e. The first-order valence-corrected chi connectivity index (χ1v) is 9.78. The fourth-order valence-corrected chi connectivity index (χ4v) is 3.95. The normalized spacial score (nSPS) is 21.7. The van der Waals surface area contributed by atoms with Gasteiger partial charge in [0.15, 0.2) is 0 Å². The van der Waals surface area contributed by atoms with Crippen LogP contribution in [0.15, 0.2) is 18.2 Å². The molecule has 3 rings (SSSR count). The van der Waals surface area contributed by atoms with Gasteiger partial charge in [0, 0.05) is 25.7 Å². The highest BCUT2D eigenvalue weighted by molar-refractivity contribution is 5.96. The highest BCUT2D eigenvalue weighted by Gasteiger charge is 2.27. The van der Waals surface area contributed by atoms with Gasteiger partial charge in [0.2, 0.25) is 0 Å². The molecule has 2 amide bonds. The Kier molecular flexibility index (Phi) is 6.05. The summed E-state index contributed by atoms with van der Waals surface area (Å²) in [7, 11) is 0. The molecule has 5 nitrogen and oxygen atoms in total. The van der Waals surface area contributed by atoms with Crippen LogP contribution in [0.3, 0.4) is 0 Å². The topological polar surface area (TPSA) is 53.5 Å². The smallest absolute Gasteiger partial charge is 0.272 e. The lowest BCUT2D eigenvalue weighted by Crippen LogP contribution is -2.43. The van der Waals surface area contributed by atoms with Gasteiger partial charge < -0.3 is 9.80 Å². The van der Waals surface area contributed by atoms with Gasteiger partial charge >= 0.3 is 0 Å². The van der Waals surface area contributed by atoms with E-state index in [9.17, 15) is 9.59 Å². The monoisotopic (exact) mass is 343 g/mol. The molecule has 0 N–H and O–H groups in total. The number of likely N-dealkylation sites (tertiary alicyclic amines) is 2. The van der Waals surface area contributed by atoms with Crippen LogP contribution < -0.4 is 0 Å². The van der Waals surface area contributed by atoms with Crippen molar-refractivity contribution in [1.29, 1.82) is 0 Å². The molecule has 0 radical (unpaired) electrons. The fourth-order valence-electron chi connectivity index (χ4n) is 3.95. The van der Waals surface area contributed by atoms with Gasteiger partial charge in [-0.15, -0.1) is 0 Å². The van der Waals surface area contributed by atoms with Crippen molar-refractivity contribution in [2.75, 3.05) is 19.6 Å². The predicted molar refractivity (Wildman–Crippen MR) is 97.6 cm³/mol. The Hall–Kier alpha value is -1.91. The molecule has 0 spiro atoms. The predicted octanol–water partition coefficient (Wildman–Crippen LogP) is 3.50. The molecule has 1 aromatic rings. The Balaban J connectivity index is 1.76. The fraction of sp³-hybridized carbons (Fsp3) is 0.650. The van der Waals surface area contributed by atoms with Crippen molar-refractivity contribution in [1.82, 2.24) is 14.8 Å². The summed E-state index contributed by atoms with van der Waals surface area (Å²) in [5.74, 6) is -0.0701. The molecule has 1 unspecified atom stereocenters. The van der Waals surface area contributed by atoms with E-state index in [-0.39, 0.29) is 11.8 Å². The van der Waals surface area contributed by atoms with Crippen LogP contribution in [0.25, 0.3) is 0 Å². The van der Waals surface area contributed by atoms with E-state index in [1.807, 2.05) is 9.80 Å². The lowest BCUT2D eigenvalue weighted by Gasteiger charge is -2.35. The molecular weight excluding hydrogens is 314 g/mol. The second kappa shape index (κ2) is 8.45. The first kappa shape index (κ1) is 17.9. The highest BCUT2D eigenvalue weighted by atomic mass is 16.2. The summed E-state index contributed by atoms with van der Waals surface area (Å²) in [6.07, 6.45) is 8.74. The minimum atomic E-state index is -0.0396. The average Bonchev–Trinajstić information content (AvgIpc) is 2.96. The Labute approximate surface area is 150 Å². The van der Waals surface area contributed by atoms with Gasteiger partial charge in [-0.3, -0.25) is 9.59 Å². The molecule has 0 bridgehead atoms. The van der Waals surface area contributed by atoms with Crippen LogP contribution in [-0.4, -0.2) is 52.3 Å². The number of amides is 2. The van der Waals surface area contributed by atoms with Gasteiger partial charge in [0.1, 0.15) is 11.4 Å². The van der Waals surface area contributed by atoms with Gasteiger partial charge in [-0.05, 0) is 50.7 Å². The molecule has 0 aromatic carbocycles. The summed E-state index contributed by atoms with van der Waals surface area (Å²) in [5.41, 5.74) is 0.804. The van der Waals surface area contributed by atoms with E-state index in [4.69, 9.17) is 0 Å². The molecule has 2 aliphatic rings. The summed E-state index contributed by atoms with van der Waals surface area (Å²) in [6.45, 7) is 4.51. The van der Waals surface area contributed by atoms with Crippen LogP contribution in [0.4, 0.5) is 0 Å². The second-order valence-corrected chi connectivity index (χ2v) is 7.17. The zero-order valence-corrected chi connectivity index (χ0v) is 15.2. The molecule has 1 aromatic heterocycles. The number of pyridine rings is 1. The number of aromatic nitrogens is 1. The van der Waals surface area contributed by atoms with Crippen LogP contribution in [0.1, 0.15) is 79.3 Å². The van der Waals surface area contributed by atoms with E-state index >= 15 is 0 Å². The van der Waals surface area contributed by atoms with Crippen LogP contribution in [0.2, 0.25) is 0 Å². The quantitative estimate of drug-likeness (QED) is 0.844. The van der Waals surface area contributed by atoms with Crippen LogP contribution in [-0.2, 0) is 0 Å². The highest BCUT2D eigenvalue weighted by Crippen LogP contribution is 2.21.